The Hall–Kier alpha value is -0.650. The Labute approximate surface area is 84.4 Å². The van der Waals surface area contributed by atoms with E-state index >= 15 is 0 Å². The van der Waals surface area contributed by atoms with Crippen molar-refractivity contribution in [2.24, 2.45) is 11.5 Å². The molecule has 0 radical (unpaired) electrons. The number of nitrogens with two attached hydrogens (primary N) is 2. The van der Waals surface area contributed by atoms with Crippen molar-refractivity contribution >= 4 is 5.91 Å². The lowest BCUT2D eigenvalue weighted by atomic mass is 10.1. The van der Waals surface area contributed by atoms with E-state index in [2.05, 4.69) is 0 Å². The Morgan fingerprint density at radius 2 is 2.21 bits per heavy atom. The van der Waals surface area contributed by atoms with Gasteiger partial charge in [0.25, 0.3) is 0 Å². The highest BCUT2D eigenvalue weighted by molar-refractivity contribution is 5.80. The minimum atomic E-state index is -0.336. The molecule has 0 aromatic carbocycles. The second-order valence-corrected chi connectivity index (χ2v) is 3.83. The van der Waals surface area contributed by atoms with Crippen LogP contribution in [0.5, 0.6) is 0 Å². The van der Waals surface area contributed by atoms with Gasteiger partial charge in [-0.15, -0.1) is 0 Å². The fourth-order valence-corrected chi connectivity index (χ4v) is 1.65. The van der Waals surface area contributed by atoms with Crippen molar-refractivity contribution in [3.8, 4) is 0 Å². The predicted molar refractivity (Wildman–Crippen MR) is 53.6 cm³/mol. The standard InChI is InChI=1S/C9H19N3O2/c1-6(10)7(2)12-3-4-14-5-8(12)9(11)13/h6-8H,3-5,10H2,1-2H3,(H2,11,13). The summed E-state index contributed by atoms with van der Waals surface area (Å²) in [5.74, 6) is -0.336. The van der Waals surface area contributed by atoms with E-state index in [1.54, 1.807) is 0 Å². The molecule has 1 amide bonds. The van der Waals surface area contributed by atoms with Gasteiger partial charge < -0.3 is 16.2 Å². The highest BCUT2D eigenvalue weighted by Gasteiger charge is 2.32. The van der Waals surface area contributed by atoms with Gasteiger partial charge in [0.2, 0.25) is 5.91 Å². The molecule has 1 aliphatic heterocycles. The maximum Gasteiger partial charge on any atom is 0.237 e. The van der Waals surface area contributed by atoms with Crippen LogP contribution in [0.15, 0.2) is 0 Å². The van der Waals surface area contributed by atoms with Crippen molar-refractivity contribution in [3.05, 3.63) is 0 Å². The number of primary amides is 1. The van der Waals surface area contributed by atoms with E-state index in [0.29, 0.717) is 13.2 Å². The minimum Gasteiger partial charge on any atom is -0.378 e. The van der Waals surface area contributed by atoms with Crippen molar-refractivity contribution in [1.82, 2.24) is 4.90 Å². The Balaban J connectivity index is 2.67. The van der Waals surface area contributed by atoms with Gasteiger partial charge in [-0.05, 0) is 13.8 Å². The molecule has 82 valence electrons. The van der Waals surface area contributed by atoms with E-state index in [9.17, 15) is 4.79 Å². The van der Waals surface area contributed by atoms with Gasteiger partial charge >= 0.3 is 0 Å². The number of hydrogen-bond donors (Lipinski definition) is 2. The van der Waals surface area contributed by atoms with Crippen LogP contribution in [-0.4, -0.2) is 48.7 Å². The number of carbonyl (C=O) groups is 1. The lowest BCUT2D eigenvalue weighted by molar-refractivity contribution is -0.131. The highest BCUT2D eigenvalue weighted by Crippen LogP contribution is 2.12. The lowest BCUT2D eigenvalue weighted by Crippen LogP contribution is -2.59. The molecule has 0 spiro atoms. The second-order valence-electron chi connectivity index (χ2n) is 3.83. The van der Waals surface area contributed by atoms with Crippen LogP contribution < -0.4 is 11.5 Å². The zero-order valence-electron chi connectivity index (χ0n) is 8.77. The molecule has 4 N–H and O–H groups in total. The largest absolute Gasteiger partial charge is 0.378 e. The summed E-state index contributed by atoms with van der Waals surface area (Å²) in [5.41, 5.74) is 11.1. The van der Waals surface area contributed by atoms with Crippen LogP contribution in [0.1, 0.15) is 13.8 Å². The highest BCUT2D eigenvalue weighted by atomic mass is 16.5. The Morgan fingerprint density at radius 1 is 1.57 bits per heavy atom. The average Bonchev–Trinajstić information content (AvgIpc) is 2.16. The number of morpholine rings is 1. The van der Waals surface area contributed by atoms with Gasteiger partial charge in [0.05, 0.1) is 13.2 Å². The second kappa shape index (κ2) is 4.72. The normalized spacial score (nSPS) is 28.4. The first kappa shape index (κ1) is 11.4. The van der Waals surface area contributed by atoms with E-state index in [0.717, 1.165) is 6.54 Å². The van der Waals surface area contributed by atoms with Crippen LogP contribution in [0.25, 0.3) is 0 Å². The number of hydrogen-bond acceptors (Lipinski definition) is 4. The van der Waals surface area contributed by atoms with Crippen molar-refractivity contribution < 1.29 is 9.53 Å². The van der Waals surface area contributed by atoms with Crippen LogP contribution >= 0.6 is 0 Å². The molecule has 0 aromatic rings. The number of rotatable bonds is 3. The van der Waals surface area contributed by atoms with E-state index in [-0.39, 0.29) is 24.0 Å². The molecule has 1 aliphatic rings. The zero-order chi connectivity index (χ0) is 10.7. The molecule has 5 heteroatoms. The fraction of sp³-hybridized carbons (Fsp3) is 0.889. The number of nitrogens with zero attached hydrogens (tertiary/aromatic N) is 1. The first-order valence-electron chi connectivity index (χ1n) is 4.92. The molecule has 1 heterocycles. The third-order valence-electron chi connectivity index (χ3n) is 2.78. The first-order valence-corrected chi connectivity index (χ1v) is 4.92. The smallest absolute Gasteiger partial charge is 0.237 e. The molecule has 1 rings (SSSR count). The van der Waals surface area contributed by atoms with Gasteiger partial charge in [-0.3, -0.25) is 9.69 Å². The minimum absolute atomic E-state index is 0.0231. The summed E-state index contributed by atoms with van der Waals surface area (Å²) < 4.78 is 5.22. The summed E-state index contributed by atoms with van der Waals surface area (Å²) in [6.45, 7) is 5.67. The summed E-state index contributed by atoms with van der Waals surface area (Å²) in [7, 11) is 0. The SMILES string of the molecule is CC(N)C(C)N1CCOCC1C(N)=O. The van der Waals surface area contributed by atoms with Crippen LogP contribution in [0, 0.1) is 0 Å². The van der Waals surface area contributed by atoms with Gasteiger partial charge in [0, 0.05) is 18.6 Å². The molecular weight excluding hydrogens is 182 g/mol. The maximum atomic E-state index is 11.2. The van der Waals surface area contributed by atoms with Crippen molar-refractivity contribution in [3.63, 3.8) is 0 Å². The number of ether oxygens (including phenoxy) is 1. The van der Waals surface area contributed by atoms with Crippen molar-refractivity contribution in [1.29, 1.82) is 0 Å². The van der Waals surface area contributed by atoms with Crippen molar-refractivity contribution in [2.75, 3.05) is 19.8 Å². The summed E-state index contributed by atoms with van der Waals surface area (Å²) in [6.07, 6.45) is 0. The lowest BCUT2D eigenvalue weighted by Gasteiger charge is -2.39. The van der Waals surface area contributed by atoms with E-state index in [4.69, 9.17) is 16.2 Å². The number of carbonyl (C=O) groups excluding carboxylic acids is 1. The molecule has 0 bridgehead atoms. The van der Waals surface area contributed by atoms with Crippen LogP contribution in [0.4, 0.5) is 0 Å². The third kappa shape index (κ3) is 2.43. The Bertz CT molecular complexity index is 208. The molecule has 1 fully saturated rings. The molecule has 14 heavy (non-hydrogen) atoms. The summed E-state index contributed by atoms with van der Waals surface area (Å²) >= 11 is 0. The molecule has 0 aromatic heterocycles. The molecule has 0 aliphatic carbocycles. The molecule has 5 nitrogen and oxygen atoms in total. The predicted octanol–water partition coefficient (Wildman–Crippen LogP) is -1.09. The molecule has 3 unspecified atom stereocenters. The summed E-state index contributed by atoms with van der Waals surface area (Å²) in [6, 6.07) is -0.156. The fourth-order valence-electron chi connectivity index (χ4n) is 1.65. The quantitative estimate of drug-likeness (QED) is 0.608. The van der Waals surface area contributed by atoms with E-state index in [1.165, 1.54) is 0 Å². The Kier molecular flexibility index (Phi) is 3.86. The van der Waals surface area contributed by atoms with Crippen LogP contribution in [0.2, 0.25) is 0 Å². The van der Waals surface area contributed by atoms with Gasteiger partial charge in [-0.1, -0.05) is 0 Å². The molecule has 1 saturated heterocycles. The van der Waals surface area contributed by atoms with Gasteiger partial charge in [-0.25, -0.2) is 0 Å². The average molecular weight is 201 g/mol. The van der Waals surface area contributed by atoms with Crippen LogP contribution in [0.3, 0.4) is 0 Å². The zero-order valence-corrected chi connectivity index (χ0v) is 8.77. The molecule has 3 atom stereocenters. The monoisotopic (exact) mass is 201 g/mol. The van der Waals surface area contributed by atoms with E-state index in [1.807, 2.05) is 18.7 Å². The van der Waals surface area contributed by atoms with Gasteiger partial charge in [0.15, 0.2) is 0 Å². The topological polar surface area (TPSA) is 81.6 Å². The third-order valence-corrected chi connectivity index (χ3v) is 2.78. The molecular formula is C9H19N3O2. The van der Waals surface area contributed by atoms with Gasteiger partial charge in [0.1, 0.15) is 6.04 Å². The Morgan fingerprint density at radius 3 is 2.71 bits per heavy atom. The first-order chi connectivity index (χ1) is 6.54. The summed E-state index contributed by atoms with van der Waals surface area (Å²) in [5, 5.41) is 0. The van der Waals surface area contributed by atoms with Crippen molar-refractivity contribution in [2.45, 2.75) is 32.0 Å². The molecule has 0 saturated carbocycles. The van der Waals surface area contributed by atoms with Gasteiger partial charge in [-0.2, -0.15) is 0 Å². The number of amides is 1. The summed E-state index contributed by atoms with van der Waals surface area (Å²) in [4.78, 5) is 13.2. The van der Waals surface area contributed by atoms with E-state index < -0.39 is 0 Å². The maximum absolute atomic E-state index is 11.2. The van der Waals surface area contributed by atoms with Crippen LogP contribution in [-0.2, 0) is 9.53 Å².